The Kier molecular flexibility index (Phi) is 10.7. The fourth-order valence-electron chi connectivity index (χ4n) is 1.97. The molecule has 1 saturated carbocycles. The quantitative estimate of drug-likeness (QED) is 0.385. The average molecular weight is 382 g/mol. The summed E-state index contributed by atoms with van der Waals surface area (Å²) >= 11 is 0. The number of guanidine groups is 1. The lowest BCUT2D eigenvalue weighted by atomic mass is 10.2. The molecule has 1 rings (SSSR count). The molecule has 0 unspecified atom stereocenters. The Morgan fingerprint density at radius 2 is 1.95 bits per heavy atom. The van der Waals surface area contributed by atoms with Gasteiger partial charge in [-0.25, -0.2) is 0 Å². The van der Waals surface area contributed by atoms with Crippen LogP contribution in [0.1, 0.15) is 40.5 Å². The molecule has 0 aromatic rings. The molecule has 1 aliphatic carbocycles. The first kappa shape index (κ1) is 19.0. The van der Waals surface area contributed by atoms with Gasteiger partial charge in [-0.2, -0.15) is 0 Å². The van der Waals surface area contributed by atoms with Gasteiger partial charge in [0.05, 0.1) is 0 Å². The van der Waals surface area contributed by atoms with Crippen molar-refractivity contribution in [3.8, 4) is 0 Å². The topological polar surface area (TPSA) is 39.7 Å². The molecule has 2 N–H and O–H groups in total. The van der Waals surface area contributed by atoms with Gasteiger partial charge in [0.15, 0.2) is 5.96 Å². The summed E-state index contributed by atoms with van der Waals surface area (Å²) in [5, 5.41) is 6.72. The monoisotopic (exact) mass is 382 g/mol. The van der Waals surface area contributed by atoms with Crippen molar-refractivity contribution in [1.82, 2.24) is 15.5 Å². The smallest absolute Gasteiger partial charge is 0.191 e. The number of aliphatic imine (C=N–C) groups is 1. The third-order valence-corrected chi connectivity index (χ3v) is 3.12. The van der Waals surface area contributed by atoms with E-state index in [-0.39, 0.29) is 24.0 Å². The second kappa shape index (κ2) is 10.7. The third-order valence-electron chi connectivity index (χ3n) is 3.12. The highest BCUT2D eigenvalue weighted by Crippen LogP contribution is 2.25. The lowest BCUT2D eigenvalue weighted by Crippen LogP contribution is -2.42. The number of nitrogens with zero attached hydrogens (tertiary/aromatic N) is 2. The molecule has 4 nitrogen and oxygen atoms in total. The zero-order valence-corrected chi connectivity index (χ0v) is 15.2. The number of nitrogens with one attached hydrogen (secondary N) is 2. The number of rotatable bonds is 8. The van der Waals surface area contributed by atoms with Crippen LogP contribution in [0.2, 0.25) is 0 Å². The van der Waals surface area contributed by atoms with Crippen molar-refractivity contribution >= 4 is 29.9 Å². The standard InChI is InChI=1S/C14H30N4.HI/c1-5-15-14(17-11-12(3)4)16-9-10-18(6-2)13-7-8-13;/h12-13H,5-11H2,1-4H3,(H2,15,16,17);1H. The largest absolute Gasteiger partial charge is 0.357 e. The van der Waals surface area contributed by atoms with Gasteiger partial charge in [0.2, 0.25) is 0 Å². The van der Waals surface area contributed by atoms with Crippen molar-refractivity contribution in [3.63, 3.8) is 0 Å². The van der Waals surface area contributed by atoms with Gasteiger partial charge in [-0.05, 0) is 32.2 Å². The maximum Gasteiger partial charge on any atom is 0.191 e. The summed E-state index contributed by atoms with van der Waals surface area (Å²) in [6, 6.07) is 0.854. The molecule has 0 saturated heterocycles. The lowest BCUT2D eigenvalue weighted by Gasteiger charge is -2.20. The first-order valence-corrected chi connectivity index (χ1v) is 7.43. The van der Waals surface area contributed by atoms with Crippen LogP contribution < -0.4 is 10.6 Å². The van der Waals surface area contributed by atoms with E-state index in [0.717, 1.165) is 44.7 Å². The Bertz CT molecular complexity index is 252. The van der Waals surface area contributed by atoms with Crippen molar-refractivity contribution in [1.29, 1.82) is 0 Å². The van der Waals surface area contributed by atoms with Gasteiger partial charge in [-0.1, -0.05) is 20.8 Å². The van der Waals surface area contributed by atoms with E-state index in [9.17, 15) is 0 Å². The summed E-state index contributed by atoms with van der Waals surface area (Å²) in [5.41, 5.74) is 0. The zero-order valence-electron chi connectivity index (χ0n) is 12.9. The fraction of sp³-hybridized carbons (Fsp3) is 0.929. The molecule has 0 atom stereocenters. The molecular weight excluding hydrogens is 351 g/mol. The van der Waals surface area contributed by atoms with E-state index in [0.29, 0.717) is 5.92 Å². The van der Waals surface area contributed by atoms with Crippen molar-refractivity contribution in [2.24, 2.45) is 10.9 Å². The molecule has 0 bridgehead atoms. The minimum atomic E-state index is 0. The van der Waals surface area contributed by atoms with Gasteiger partial charge in [-0.15, -0.1) is 24.0 Å². The minimum Gasteiger partial charge on any atom is -0.357 e. The summed E-state index contributed by atoms with van der Waals surface area (Å²) in [7, 11) is 0. The van der Waals surface area contributed by atoms with Crippen molar-refractivity contribution in [3.05, 3.63) is 0 Å². The third kappa shape index (κ3) is 8.68. The van der Waals surface area contributed by atoms with Crippen LogP contribution in [0.4, 0.5) is 0 Å². The van der Waals surface area contributed by atoms with E-state index in [4.69, 9.17) is 0 Å². The molecule has 1 aliphatic rings. The van der Waals surface area contributed by atoms with Gasteiger partial charge in [0.1, 0.15) is 0 Å². The predicted octanol–water partition coefficient (Wildman–Crippen LogP) is 2.30. The van der Waals surface area contributed by atoms with Crippen LogP contribution >= 0.6 is 24.0 Å². The highest BCUT2D eigenvalue weighted by Gasteiger charge is 2.27. The van der Waals surface area contributed by atoms with E-state index in [1.165, 1.54) is 12.8 Å². The maximum absolute atomic E-state index is 4.57. The minimum absolute atomic E-state index is 0. The van der Waals surface area contributed by atoms with Crippen molar-refractivity contribution < 1.29 is 0 Å². The van der Waals surface area contributed by atoms with E-state index in [2.05, 4.69) is 48.2 Å². The first-order chi connectivity index (χ1) is 8.67. The number of hydrogen-bond acceptors (Lipinski definition) is 2. The van der Waals surface area contributed by atoms with Crippen LogP contribution in [0.5, 0.6) is 0 Å². The molecular formula is C14H31IN4. The number of likely N-dealkylation sites (N-methyl/N-ethyl adjacent to an activating group) is 1. The van der Waals surface area contributed by atoms with Gasteiger partial charge in [0.25, 0.3) is 0 Å². The number of hydrogen-bond donors (Lipinski definition) is 2. The van der Waals surface area contributed by atoms with Gasteiger partial charge < -0.3 is 10.6 Å². The lowest BCUT2D eigenvalue weighted by molar-refractivity contribution is 0.282. The summed E-state index contributed by atoms with van der Waals surface area (Å²) in [5.74, 6) is 1.57. The molecule has 19 heavy (non-hydrogen) atoms. The Morgan fingerprint density at radius 3 is 2.42 bits per heavy atom. The van der Waals surface area contributed by atoms with E-state index >= 15 is 0 Å². The van der Waals surface area contributed by atoms with Crippen LogP contribution in [-0.2, 0) is 0 Å². The van der Waals surface area contributed by atoms with Crippen LogP contribution in [0.25, 0.3) is 0 Å². The number of halogens is 1. The Hall–Kier alpha value is -0.0400. The second-order valence-corrected chi connectivity index (χ2v) is 5.40. The summed E-state index contributed by atoms with van der Waals surface area (Å²) in [4.78, 5) is 7.13. The van der Waals surface area contributed by atoms with Gasteiger partial charge in [-0.3, -0.25) is 9.89 Å². The Labute approximate surface area is 135 Å². The van der Waals surface area contributed by atoms with Crippen molar-refractivity contribution in [2.45, 2.75) is 46.6 Å². The van der Waals surface area contributed by atoms with Gasteiger partial charge >= 0.3 is 0 Å². The first-order valence-electron chi connectivity index (χ1n) is 7.43. The van der Waals surface area contributed by atoms with Gasteiger partial charge in [0, 0.05) is 32.2 Å². The van der Waals surface area contributed by atoms with Crippen molar-refractivity contribution in [2.75, 3.05) is 32.7 Å². The zero-order chi connectivity index (χ0) is 13.4. The van der Waals surface area contributed by atoms with Crippen LogP contribution in [-0.4, -0.2) is 49.6 Å². The molecule has 0 heterocycles. The van der Waals surface area contributed by atoms with Crippen LogP contribution in [0.3, 0.4) is 0 Å². The summed E-state index contributed by atoms with van der Waals surface area (Å²) in [6.07, 6.45) is 2.77. The average Bonchev–Trinajstić information content (AvgIpc) is 3.15. The maximum atomic E-state index is 4.57. The molecule has 0 radical (unpaired) electrons. The molecule has 0 amide bonds. The Morgan fingerprint density at radius 1 is 1.26 bits per heavy atom. The molecule has 0 aliphatic heterocycles. The fourth-order valence-corrected chi connectivity index (χ4v) is 1.97. The highest BCUT2D eigenvalue weighted by molar-refractivity contribution is 14.0. The summed E-state index contributed by atoms with van der Waals surface area (Å²) in [6.45, 7) is 13.8. The van der Waals surface area contributed by atoms with E-state index in [1.807, 2.05) is 0 Å². The SMILES string of the molecule is CCNC(=NCC(C)C)NCCN(CC)C1CC1.I. The van der Waals surface area contributed by atoms with Crippen LogP contribution in [0, 0.1) is 5.92 Å². The normalized spacial score (nSPS) is 15.6. The van der Waals surface area contributed by atoms with E-state index < -0.39 is 0 Å². The second-order valence-electron chi connectivity index (χ2n) is 5.40. The molecule has 0 spiro atoms. The molecule has 0 aromatic carbocycles. The Balaban J connectivity index is 0.00000324. The molecule has 5 heteroatoms. The molecule has 1 fully saturated rings. The van der Waals surface area contributed by atoms with E-state index in [1.54, 1.807) is 0 Å². The molecule has 114 valence electrons. The summed E-state index contributed by atoms with van der Waals surface area (Å²) < 4.78 is 0. The highest BCUT2D eigenvalue weighted by atomic mass is 127. The molecule has 0 aromatic heterocycles. The van der Waals surface area contributed by atoms with Crippen LogP contribution in [0.15, 0.2) is 4.99 Å². The predicted molar refractivity (Wildman–Crippen MR) is 94.5 cm³/mol.